The van der Waals surface area contributed by atoms with Crippen LogP contribution in [0.25, 0.3) is 0 Å². The van der Waals surface area contributed by atoms with Crippen LogP contribution in [-0.4, -0.2) is 229 Å². The summed E-state index contributed by atoms with van der Waals surface area (Å²) in [4.78, 5) is 200. The predicted molar refractivity (Wildman–Crippen MR) is 381 cm³/mol. The largest absolute Gasteiger partial charge is 0.354 e. The lowest BCUT2D eigenvalue weighted by molar-refractivity contribution is -0.150. The van der Waals surface area contributed by atoms with Gasteiger partial charge in [0.2, 0.25) is 82.7 Å². The van der Waals surface area contributed by atoms with Crippen LogP contribution in [0, 0.1) is 5.92 Å². The maximum absolute atomic E-state index is 14.6. The number of nitrogens with zero attached hydrogens (tertiary/aromatic N) is 4. The third kappa shape index (κ3) is 22.5. The minimum absolute atomic E-state index is 0.00513. The second-order valence-electron chi connectivity index (χ2n) is 32.1. The van der Waals surface area contributed by atoms with E-state index < -0.39 is 139 Å². The van der Waals surface area contributed by atoms with Crippen molar-refractivity contribution in [2.45, 2.75) is 309 Å². The molecular formula is C71H124N16O14. The summed E-state index contributed by atoms with van der Waals surface area (Å²) in [7, 11) is 0. The van der Waals surface area contributed by atoms with E-state index in [2.05, 4.69) is 87.4 Å². The third-order valence-electron chi connectivity index (χ3n) is 20.7. The lowest BCUT2D eigenvalue weighted by Gasteiger charge is -2.43. The Morgan fingerprint density at radius 3 is 1.35 bits per heavy atom. The number of amides is 14. The first-order chi connectivity index (χ1) is 46.5. The van der Waals surface area contributed by atoms with Gasteiger partial charge in [-0.05, 0) is 193 Å². The van der Waals surface area contributed by atoms with E-state index in [4.69, 9.17) is 0 Å². The molecule has 30 heteroatoms. The normalized spacial score (nSPS) is 20.5. The Kier molecular flexibility index (Phi) is 29.5. The van der Waals surface area contributed by atoms with Crippen LogP contribution in [0.2, 0.25) is 0 Å². The summed E-state index contributed by atoms with van der Waals surface area (Å²) in [5.41, 5.74) is -14.3. The molecule has 4 fully saturated rings. The van der Waals surface area contributed by atoms with Gasteiger partial charge in [-0.25, -0.2) is 0 Å². The second kappa shape index (κ2) is 34.6. The SMILES string of the molecule is CCC(C)(NC(=O)C1CCCN1C(C)=O)C(=O)NC(C)(CC)C(=O)NCCC(=O)NCC(=O)NC(C)(C)C(=O)NC(C)(C)C(=O)NC(C)(CC)C(=O)NC(C)(C)C(=O)NC(C)(C)C(=O)NC(C)(C)C(=O)N1CCCCC1C(=O)NC(C)(CC)C(=O)NC(CC(C)C)CN1CCCN2CCCC21. The van der Waals surface area contributed by atoms with Gasteiger partial charge < -0.3 is 73.6 Å². The van der Waals surface area contributed by atoms with Crippen LogP contribution in [0.3, 0.4) is 0 Å². The van der Waals surface area contributed by atoms with E-state index >= 15 is 0 Å². The highest BCUT2D eigenvalue weighted by molar-refractivity contribution is 6.03. The standard InChI is InChI=1S/C71H124N16O14/c1-22-68(18,83-61(100)70(20,24-3)77-52(91)47-32-28-40-86(47)45(7)88)58(97)72-35-34-49(89)73-42-50(90)75-63(8,9)54(93)78-66(14,15)57(96)82-71(21,25-4)60(99)81-65(12,13)55(94)79-64(10,11)56(95)80-67(16,17)62(101)87-39-27-26-31-48(87)53(92)76-69(19,23-2)59(98)74-46(41-44(5)6)43-85-38-30-37-84-36-29-33-51(84)85/h44,46-48,51H,22-43H2,1-21H3,(H,72,97)(H,73,89)(H,74,98)(H,75,90)(H,76,92)(H,77,91)(H,78,93)(H,79,94)(H,80,95)(H,81,99)(H,82,96)(H,83,100). The summed E-state index contributed by atoms with van der Waals surface area (Å²) in [6, 6.07) is -1.80. The first kappa shape index (κ1) is 85.9. The lowest BCUT2D eigenvalue weighted by atomic mass is 9.91. The fourth-order valence-electron chi connectivity index (χ4n) is 12.8. The molecule has 4 saturated heterocycles. The van der Waals surface area contributed by atoms with E-state index in [1.165, 1.54) is 107 Å². The van der Waals surface area contributed by atoms with Crippen molar-refractivity contribution < 1.29 is 67.1 Å². The zero-order valence-corrected chi connectivity index (χ0v) is 64.4. The van der Waals surface area contributed by atoms with Gasteiger partial charge in [-0.2, -0.15) is 0 Å². The van der Waals surface area contributed by atoms with Crippen LogP contribution in [0.15, 0.2) is 0 Å². The highest BCUT2D eigenvalue weighted by Gasteiger charge is 2.49. The van der Waals surface area contributed by atoms with Crippen molar-refractivity contribution in [1.82, 2.24) is 83.4 Å². The Hall–Kier alpha value is -7.50. The smallest absolute Gasteiger partial charge is 0.248 e. The van der Waals surface area contributed by atoms with Crippen LogP contribution in [-0.2, 0) is 67.1 Å². The maximum Gasteiger partial charge on any atom is 0.248 e. The number of fused-ring (bicyclic) bond motifs is 1. The molecule has 572 valence electrons. The van der Waals surface area contributed by atoms with Gasteiger partial charge in [0, 0.05) is 58.7 Å². The molecule has 0 aliphatic carbocycles. The molecule has 30 nitrogen and oxygen atoms in total. The minimum atomic E-state index is -1.73. The fourth-order valence-corrected chi connectivity index (χ4v) is 12.8. The number of nitrogens with one attached hydrogen (secondary N) is 12. The average molecular weight is 1430 g/mol. The van der Waals surface area contributed by atoms with Gasteiger partial charge in [-0.1, -0.05) is 41.5 Å². The molecule has 4 rings (SSSR count). The molecule has 0 radical (unpaired) electrons. The first-order valence-electron chi connectivity index (χ1n) is 36.4. The van der Waals surface area contributed by atoms with Crippen molar-refractivity contribution in [3.8, 4) is 0 Å². The molecule has 4 aliphatic heterocycles. The molecular weight excluding hydrogens is 1300 g/mol. The van der Waals surface area contributed by atoms with E-state index in [0.717, 1.165) is 45.3 Å². The molecule has 4 aliphatic rings. The van der Waals surface area contributed by atoms with E-state index in [9.17, 15) is 67.1 Å². The van der Waals surface area contributed by atoms with Crippen LogP contribution >= 0.6 is 0 Å². The predicted octanol–water partition coefficient (Wildman–Crippen LogP) is 1.27. The van der Waals surface area contributed by atoms with Crippen molar-refractivity contribution >= 4 is 82.7 Å². The zero-order chi connectivity index (χ0) is 76.8. The number of piperidine rings is 1. The van der Waals surface area contributed by atoms with Crippen LogP contribution < -0.4 is 63.8 Å². The second-order valence-corrected chi connectivity index (χ2v) is 32.1. The Balaban J connectivity index is 1.28. The van der Waals surface area contributed by atoms with Gasteiger partial charge in [0.05, 0.1) is 12.7 Å². The first-order valence-corrected chi connectivity index (χ1v) is 36.4. The summed E-state index contributed by atoms with van der Waals surface area (Å²) in [6.45, 7) is 36.5. The molecule has 12 N–H and O–H groups in total. The fraction of sp³-hybridized carbons (Fsp3) is 0.803. The molecule has 14 amide bonds. The van der Waals surface area contributed by atoms with Crippen LogP contribution in [0.4, 0.5) is 0 Å². The molecule has 4 heterocycles. The Morgan fingerprint density at radius 1 is 0.406 bits per heavy atom. The summed E-state index contributed by atoms with van der Waals surface area (Å²) in [5.74, 6) is -8.36. The van der Waals surface area contributed by atoms with Gasteiger partial charge >= 0.3 is 0 Å². The number of carbonyl (C=O) groups is 14. The Labute approximate surface area is 598 Å². The molecule has 0 bridgehead atoms. The quantitative estimate of drug-likeness (QED) is 0.0432. The van der Waals surface area contributed by atoms with E-state index in [0.29, 0.717) is 57.3 Å². The highest BCUT2D eigenvalue weighted by Crippen LogP contribution is 2.29. The highest BCUT2D eigenvalue weighted by atomic mass is 16.2. The molecule has 0 aromatic heterocycles. The number of hydrogen-bond acceptors (Lipinski definition) is 16. The summed E-state index contributed by atoms with van der Waals surface area (Å²) in [6.07, 6.45) is 7.44. The zero-order valence-electron chi connectivity index (χ0n) is 64.4. The van der Waals surface area contributed by atoms with Gasteiger partial charge in [0.1, 0.15) is 61.9 Å². The van der Waals surface area contributed by atoms with Gasteiger partial charge in [0.15, 0.2) is 0 Å². The molecule has 0 aromatic carbocycles. The van der Waals surface area contributed by atoms with Crippen molar-refractivity contribution in [2.75, 3.05) is 52.4 Å². The Morgan fingerprint density at radius 2 is 0.822 bits per heavy atom. The maximum atomic E-state index is 14.6. The lowest BCUT2D eigenvalue weighted by Crippen LogP contribution is -2.70. The van der Waals surface area contributed by atoms with Crippen molar-refractivity contribution in [3.05, 3.63) is 0 Å². The number of rotatable bonds is 34. The van der Waals surface area contributed by atoms with E-state index in [1.54, 1.807) is 27.7 Å². The number of likely N-dealkylation sites (tertiary alicyclic amines) is 2. The summed E-state index contributed by atoms with van der Waals surface area (Å²) in [5, 5.41) is 32.9. The van der Waals surface area contributed by atoms with Crippen molar-refractivity contribution in [3.63, 3.8) is 0 Å². The molecule has 8 atom stereocenters. The van der Waals surface area contributed by atoms with E-state index in [1.807, 2.05) is 6.92 Å². The molecule has 101 heavy (non-hydrogen) atoms. The average Bonchev–Trinajstić information content (AvgIpc) is 1.30. The minimum Gasteiger partial charge on any atom is -0.354 e. The Bertz CT molecular complexity index is 3080. The molecule has 0 saturated carbocycles. The van der Waals surface area contributed by atoms with Crippen LogP contribution in [0.1, 0.15) is 235 Å². The van der Waals surface area contributed by atoms with Crippen LogP contribution in [0.5, 0.6) is 0 Å². The monoisotopic (exact) mass is 1420 g/mol. The van der Waals surface area contributed by atoms with Crippen molar-refractivity contribution in [2.24, 2.45) is 5.92 Å². The summed E-state index contributed by atoms with van der Waals surface area (Å²) < 4.78 is 0. The van der Waals surface area contributed by atoms with Crippen molar-refractivity contribution in [1.29, 1.82) is 0 Å². The third-order valence-corrected chi connectivity index (χ3v) is 20.7. The summed E-state index contributed by atoms with van der Waals surface area (Å²) >= 11 is 0. The number of carbonyl (C=O) groups excluding carboxylic acids is 14. The molecule has 8 unspecified atom stereocenters. The molecule has 0 spiro atoms. The van der Waals surface area contributed by atoms with Gasteiger partial charge in [-0.15, -0.1) is 0 Å². The van der Waals surface area contributed by atoms with Gasteiger partial charge in [0.25, 0.3) is 0 Å². The van der Waals surface area contributed by atoms with E-state index in [-0.39, 0.29) is 63.0 Å². The van der Waals surface area contributed by atoms with Gasteiger partial charge in [-0.3, -0.25) is 76.9 Å². The number of hydrogen-bond donors (Lipinski definition) is 12. The molecule has 0 aromatic rings. The topological polar surface area (TPSA) is 396 Å².